The van der Waals surface area contributed by atoms with Crippen LogP contribution in [0, 0.1) is 5.92 Å². The monoisotopic (exact) mass is 251 g/mol. The molecule has 0 aliphatic carbocycles. The summed E-state index contributed by atoms with van der Waals surface area (Å²) in [5.41, 5.74) is 0. The molecule has 94 valence electrons. The van der Waals surface area contributed by atoms with Gasteiger partial charge in [0.05, 0.1) is 12.7 Å². The summed E-state index contributed by atoms with van der Waals surface area (Å²) in [5, 5.41) is 3.39. The van der Waals surface area contributed by atoms with Crippen molar-refractivity contribution in [3.05, 3.63) is 30.3 Å². The van der Waals surface area contributed by atoms with Gasteiger partial charge in [0.1, 0.15) is 0 Å². The number of hydrogen-bond acceptors (Lipinski definition) is 3. The molecule has 2 atom stereocenters. The molecule has 0 bridgehead atoms. The molecule has 1 saturated heterocycles. The lowest BCUT2D eigenvalue weighted by molar-refractivity contribution is 0.0128. The van der Waals surface area contributed by atoms with E-state index in [4.69, 9.17) is 4.74 Å². The van der Waals surface area contributed by atoms with Gasteiger partial charge in [0.15, 0.2) is 0 Å². The Morgan fingerprint density at radius 1 is 1.35 bits per heavy atom. The van der Waals surface area contributed by atoms with Crippen LogP contribution in [0.25, 0.3) is 0 Å². The van der Waals surface area contributed by atoms with Gasteiger partial charge in [-0.3, -0.25) is 0 Å². The van der Waals surface area contributed by atoms with Crippen molar-refractivity contribution in [2.75, 3.05) is 25.4 Å². The summed E-state index contributed by atoms with van der Waals surface area (Å²) in [6, 6.07) is 10.5. The van der Waals surface area contributed by atoms with Gasteiger partial charge in [-0.15, -0.1) is 11.8 Å². The molecule has 0 aromatic heterocycles. The van der Waals surface area contributed by atoms with Crippen molar-refractivity contribution >= 4 is 11.8 Å². The maximum Gasteiger partial charge on any atom is 0.0725 e. The van der Waals surface area contributed by atoms with Crippen LogP contribution in [0.3, 0.4) is 0 Å². The Bertz CT molecular complexity index is 317. The molecule has 0 spiro atoms. The average molecular weight is 251 g/mol. The highest BCUT2D eigenvalue weighted by Crippen LogP contribution is 2.18. The van der Waals surface area contributed by atoms with Crippen molar-refractivity contribution in [2.45, 2.75) is 24.3 Å². The van der Waals surface area contributed by atoms with E-state index in [0.717, 1.165) is 25.4 Å². The Kier molecular flexibility index (Phi) is 5.36. The van der Waals surface area contributed by atoms with Crippen molar-refractivity contribution in [2.24, 2.45) is 5.92 Å². The van der Waals surface area contributed by atoms with Crippen LogP contribution in [0.15, 0.2) is 35.2 Å². The van der Waals surface area contributed by atoms with Crippen molar-refractivity contribution < 1.29 is 4.74 Å². The standard InChI is InChI=1S/C14H21NOS/c1-12-7-8-15-11-14(12)16-9-10-17-13-5-3-2-4-6-13/h2-6,12,14-15H,7-11H2,1H3. The first-order chi connectivity index (χ1) is 8.36. The number of rotatable bonds is 5. The molecule has 2 unspecified atom stereocenters. The highest BCUT2D eigenvalue weighted by atomic mass is 32.2. The van der Waals surface area contributed by atoms with Gasteiger partial charge in [-0.25, -0.2) is 0 Å². The topological polar surface area (TPSA) is 21.3 Å². The Hall–Kier alpha value is -0.510. The number of ether oxygens (including phenoxy) is 1. The maximum atomic E-state index is 5.93. The molecular formula is C14H21NOS. The van der Waals surface area contributed by atoms with Crippen LogP contribution >= 0.6 is 11.8 Å². The Labute approximate surface area is 108 Å². The molecule has 1 N–H and O–H groups in total. The zero-order valence-electron chi connectivity index (χ0n) is 10.4. The molecule has 2 rings (SSSR count). The summed E-state index contributed by atoms with van der Waals surface area (Å²) in [6.07, 6.45) is 1.64. The molecule has 1 heterocycles. The zero-order chi connectivity index (χ0) is 11.9. The lowest BCUT2D eigenvalue weighted by Gasteiger charge is -2.29. The Morgan fingerprint density at radius 2 is 2.18 bits per heavy atom. The highest BCUT2D eigenvalue weighted by Gasteiger charge is 2.20. The van der Waals surface area contributed by atoms with E-state index in [2.05, 4.69) is 42.6 Å². The van der Waals surface area contributed by atoms with Crippen LogP contribution in [0.1, 0.15) is 13.3 Å². The normalized spacial score (nSPS) is 24.8. The summed E-state index contributed by atoms with van der Waals surface area (Å²) in [6.45, 7) is 5.28. The third-order valence-electron chi connectivity index (χ3n) is 3.18. The smallest absolute Gasteiger partial charge is 0.0725 e. The number of hydrogen-bond donors (Lipinski definition) is 1. The predicted molar refractivity (Wildman–Crippen MR) is 73.6 cm³/mol. The van der Waals surface area contributed by atoms with Gasteiger partial charge < -0.3 is 10.1 Å². The second-order valence-corrected chi connectivity index (χ2v) is 5.71. The minimum absolute atomic E-state index is 0.403. The molecule has 0 amide bonds. The Morgan fingerprint density at radius 3 is 2.94 bits per heavy atom. The van der Waals surface area contributed by atoms with E-state index in [1.807, 2.05) is 11.8 Å². The third-order valence-corrected chi connectivity index (χ3v) is 4.16. The molecule has 1 fully saturated rings. The van der Waals surface area contributed by atoms with Crippen LogP contribution in [-0.2, 0) is 4.74 Å². The van der Waals surface area contributed by atoms with Crippen LogP contribution in [-0.4, -0.2) is 31.6 Å². The van der Waals surface area contributed by atoms with Gasteiger partial charge in [0.25, 0.3) is 0 Å². The van der Waals surface area contributed by atoms with Crippen molar-refractivity contribution in [3.8, 4) is 0 Å². The van der Waals surface area contributed by atoms with Gasteiger partial charge in [-0.1, -0.05) is 25.1 Å². The SMILES string of the molecule is CC1CCNCC1OCCSc1ccccc1. The highest BCUT2D eigenvalue weighted by molar-refractivity contribution is 7.99. The summed E-state index contributed by atoms with van der Waals surface area (Å²) < 4.78 is 5.93. The number of piperidine rings is 1. The first-order valence-electron chi connectivity index (χ1n) is 6.36. The second kappa shape index (κ2) is 7.04. The Balaban J connectivity index is 1.63. The average Bonchev–Trinajstić information content (AvgIpc) is 2.38. The summed E-state index contributed by atoms with van der Waals surface area (Å²) in [7, 11) is 0. The fourth-order valence-corrected chi connectivity index (χ4v) is 2.82. The van der Waals surface area contributed by atoms with Crippen LogP contribution in [0.5, 0.6) is 0 Å². The first-order valence-corrected chi connectivity index (χ1v) is 7.35. The van der Waals surface area contributed by atoms with Gasteiger partial charge in [0.2, 0.25) is 0 Å². The number of nitrogens with one attached hydrogen (secondary N) is 1. The predicted octanol–water partition coefficient (Wildman–Crippen LogP) is 2.79. The lowest BCUT2D eigenvalue weighted by atomic mass is 9.97. The summed E-state index contributed by atoms with van der Waals surface area (Å²) in [5.74, 6) is 1.73. The van der Waals surface area contributed by atoms with Gasteiger partial charge in [0, 0.05) is 17.2 Å². The van der Waals surface area contributed by atoms with Crippen LogP contribution in [0.2, 0.25) is 0 Å². The van der Waals surface area contributed by atoms with Gasteiger partial charge in [-0.2, -0.15) is 0 Å². The fraction of sp³-hybridized carbons (Fsp3) is 0.571. The number of benzene rings is 1. The molecule has 3 heteroatoms. The maximum absolute atomic E-state index is 5.93. The quantitative estimate of drug-likeness (QED) is 0.642. The second-order valence-electron chi connectivity index (χ2n) is 4.54. The van der Waals surface area contributed by atoms with Crippen molar-refractivity contribution in [3.63, 3.8) is 0 Å². The van der Waals surface area contributed by atoms with E-state index in [-0.39, 0.29) is 0 Å². The van der Waals surface area contributed by atoms with Crippen molar-refractivity contribution in [1.29, 1.82) is 0 Å². The van der Waals surface area contributed by atoms with Crippen molar-refractivity contribution in [1.82, 2.24) is 5.32 Å². The van der Waals surface area contributed by atoms with Gasteiger partial charge in [-0.05, 0) is 31.0 Å². The molecule has 17 heavy (non-hydrogen) atoms. The molecule has 2 nitrogen and oxygen atoms in total. The van der Waals surface area contributed by atoms with Crippen LogP contribution < -0.4 is 5.32 Å². The molecule has 1 aliphatic heterocycles. The third kappa shape index (κ3) is 4.34. The van der Waals surface area contributed by atoms with E-state index in [0.29, 0.717) is 12.0 Å². The first kappa shape index (κ1) is 12.9. The van der Waals surface area contributed by atoms with E-state index in [9.17, 15) is 0 Å². The summed E-state index contributed by atoms with van der Waals surface area (Å²) in [4.78, 5) is 1.32. The molecule has 1 aromatic rings. The van der Waals surface area contributed by atoms with E-state index in [1.54, 1.807) is 0 Å². The lowest BCUT2D eigenvalue weighted by Crippen LogP contribution is -2.41. The molecular weight excluding hydrogens is 230 g/mol. The molecule has 1 aromatic carbocycles. The largest absolute Gasteiger partial charge is 0.376 e. The molecule has 0 radical (unpaired) electrons. The van der Waals surface area contributed by atoms with E-state index in [1.165, 1.54) is 11.3 Å². The fourth-order valence-electron chi connectivity index (χ4n) is 2.06. The minimum atomic E-state index is 0.403. The minimum Gasteiger partial charge on any atom is -0.376 e. The van der Waals surface area contributed by atoms with E-state index >= 15 is 0 Å². The molecule has 1 aliphatic rings. The molecule has 0 saturated carbocycles. The van der Waals surface area contributed by atoms with Crippen LogP contribution in [0.4, 0.5) is 0 Å². The number of thioether (sulfide) groups is 1. The van der Waals surface area contributed by atoms with E-state index < -0.39 is 0 Å². The summed E-state index contributed by atoms with van der Waals surface area (Å²) >= 11 is 1.86. The zero-order valence-corrected chi connectivity index (χ0v) is 11.2. The van der Waals surface area contributed by atoms with Gasteiger partial charge >= 0.3 is 0 Å².